The van der Waals surface area contributed by atoms with E-state index in [1.54, 1.807) is 36.4 Å². The minimum absolute atomic E-state index is 0.0197. The molecule has 11 nitrogen and oxygen atoms in total. The summed E-state index contributed by atoms with van der Waals surface area (Å²) in [5.74, 6) is -0.0922. The van der Waals surface area contributed by atoms with Crippen molar-refractivity contribution < 1.29 is 27.0 Å². The summed E-state index contributed by atoms with van der Waals surface area (Å²) in [7, 11) is -8.45. The molecule has 1 aromatic heterocycles. The summed E-state index contributed by atoms with van der Waals surface area (Å²) < 4.78 is 56.2. The molecule has 1 unspecified atom stereocenters. The minimum atomic E-state index is -4.30. The molecule has 2 N–H and O–H groups in total. The molecule has 3 aromatic carbocycles. The molecule has 0 bridgehead atoms. The van der Waals surface area contributed by atoms with E-state index in [2.05, 4.69) is 15.0 Å². The van der Waals surface area contributed by atoms with Gasteiger partial charge in [-0.05, 0) is 65.9 Å². The largest absolute Gasteiger partial charge is 0.508 e. The molecule has 220 valence electrons. The topological polar surface area (TPSA) is 174 Å². The number of fused-ring (bicyclic) bond motifs is 1. The zero-order valence-electron chi connectivity index (χ0n) is 23.0. The van der Waals surface area contributed by atoms with Crippen LogP contribution in [0.1, 0.15) is 19.4 Å². The second-order valence-corrected chi connectivity index (χ2v) is 14.1. The second kappa shape index (κ2) is 12.9. The van der Waals surface area contributed by atoms with Crippen LogP contribution in [0.5, 0.6) is 5.75 Å². The van der Waals surface area contributed by atoms with Gasteiger partial charge in [0.05, 0.1) is 32.3 Å². The van der Waals surface area contributed by atoms with Crippen molar-refractivity contribution in [3.05, 3.63) is 101 Å². The van der Waals surface area contributed by atoms with E-state index >= 15 is 0 Å². The number of rotatable bonds is 12. The summed E-state index contributed by atoms with van der Waals surface area (Å²) in [6.07, 6.45) is 0.216. The molecular formula is C29H31N5O6S2. The van der Waals surface area contributed by atoms with Gasteiger partial charge < -0.3 is 10.2 Å². The molecule has 0 aliphatic heterocycles. The monoisotopic (exact) mass is 609 g/mol. The van der Waals surface area contributed by atoms with E-state index in [0.29, 0.717) is 10.9 Å². The molecule has 42 heavy (non-hydrogen) atoms. The number of sulfonamides is 1. The van der Waals surface area contributed by atoms with Gasteiger partial charge in [-0.15, -0.1) is 0 Å². The van der Waals surface area contributed by atoms with E-state index in [1.165, 1.54) is 42.6 Å². The number of aromatic hydroxyl groups is 1. The number of sulfone groups is 1. The number of aliphatic hydroxyl groups is 1. The standard InChI is InChI=1S/C29H31N5O6S2/c1-20(2)18-34(19-27(36)26(32-33-30)16-21-11-13-23(35)14-12-21)42(39,40)25-9-4-8-24(17-25)41(37,38)28-10-3-6-22-7-5-15-31-29(22)28/h3-15,17,20,26-27,35-36H,16,18-19H2,1-2H3/t26-,27?/m0/s1. The Morgan fingerprint density at radius 3 is 2.29 bits per heavy atom. The highest BCUT2D eigenvalue weighted by molar-refractivity contribution is 7.92. The maximum absolute atomic E-state index is 13.9. The van der Waals surface area contributed by atoms with Gasteiger partial charge in [-0.3, -0.25) is 4.98 Å². The van der Waals surface area contributed by atoms with Gasteiger partial charge in [0.2, 0.25) is 19.9 Å². The molecule has 4 rings (SSSR count). The third-order valence-electron chi connectivity index (χ3n) is 6.62. The lowest BCUT2D eigenvalue weighted by Crippen LogP contribution is -2.43. The fraction of sp³-hybridized carbons (Fsp3) is 0.276. The van der Waals surface area contributed by atoms with Gasteiger partial charge in [0.25, 0.3) is 0 Å². The van der Waals surface area contributed by atoms with E-state index in [9.17, 15) is 27.0 Å². The molecule has 0 saturated carbocycles. The van der Waals surface area contributed by atoms with Crippen molar-refractivity contribution in [2.75, 3.05) is 13.1 Å². The molecular weight excluding hydrogens is 578 g/mol. The van der Waals surface area contributed by atoms with Gasteiger partial charge in [-0.2, -0.15) is 4.31 Å². The number of azide groups is 1. The van der Waals surface area contributed by atoms with Crippen molar-refractivity contribution in [1.29, 1.82) is 0 Å². The summed E-state index contributed by atoms with van der Waals surface area (Å²) in [5, 5.41) is 24.9. The zero-order valence-corrected chi connectivity index (χ0v) is 24.6. The molecule has 1 heterocycles. The Labute approximate surface area is 244 Å². The maximum atomic E-state index is 13.9. The first-order chi connectivity index (χ1) is 19.9. The van der Waals surface area contributed by atoms with E-state index in [1.807, 2.05) is 13.8 Å². The lowest BCUT2D eigenvalue weighted by atomic mass is 10.0. The van der Waals surface area contributed by atoms with Crippen LogP contribution >= 0.6 is 0 Å². The van der Waals surface area contributed by atoms with E-state index in [-0.39, 0.29) is 44.8 Å². The first-order valence-corrected chi connectivity index (χ1v) is 16.0. The molecule has 0 aliphatic rings. The number of pyridine rings is 1. The van der Waals surface area contributed by atoms with Gasteiger partial charge in [-0.25, -0.2) is 16.8 Å². The van der Waals surface area contributed by atoms with Crippen molar-refractivity contribution in [2.45, 2.75) is 47.1 Å². The highest BCUT2D eigenvalue weighted by Crippen LogP contribution is 2.29. The molecule has 0 spiro atoms. The number of hydrogen-bond donors (Lipinski definition) is 2. The number of benzene rings is 3. The Morgan fingerprint density at radius 2 is 1.60 bits per heavy atom. The summed E-state index contributed by atoms with van der Waals surface area (Å²) in [5.41, 5.74) is 10.0. The summed E-state index contributed by atoms with van der Waals surface area (Å²) in [6, 6.07) is 18.4. The van der Waals surface area contributed by atoms with E-state index < -0.39 is 38.6 Å². The number of nitrogens with zero attached hydrogens (tertiary/aromatic N) is 5. The molecule has 4 aromatic rings. The molecule has 0 saturated heterocycles. The fourth-order valence-electron chi connectivity index (χ4n) is 4.57. The number of hydrogen-bond acceptors (Lipinski definition) is 8. The Kier molecular flexibility index (Phi) is 9.50. The molecule has 0 amide bonds. The third-order valence-corrected chi connectivity index (χ3v) is 10.2. The van der Waals surface area contributed by atoms with Gasteiger partial charge in [-0.1, -0.05) is 55.4 Å². The number of aromatic nitrogens is 1. The Bertz CT molecular complexity index is 1820. The molecule has 0 aliphatic carbocycles. The first kappa shape index (κ1) is 30.9. The Morgan fingerprint density at radius 1 is 0.929 bits per heavy atom. The van der Waals surface area contributed by atoms with Crippen LogP contribution in [0.15, 0.2) is 105 Å². The number of phenols is 1. The van der Waals surface area contributed by atoms with Crippen molar-refractivity contribution in [1.82, 2.24) is 9.29 Å². The molecule has 13 heteroatoms. The van der Waals surface area contributed by atoms with Crippen LogP contribution in [-0.4, -0.2) is 61.6 Å². The molecule has 0 radical (unpaired) electrons. The van der Waals surface area contributed by atoms with Crippen molar-refractivity contribution in [3.63, 3.8) is 0 Å². The van der Waals surface area contributed by atoms with Crippen LogP contribution in [0.3, 0.4) is 0 Å². The number of aliphatic hydroxyl groups excluding tert-OH is 1. The van der Waals surface area contributed by atoms with Crippen LogP contribution in [0, 0.1) is 5.92 Å². The lowest BCUT2D eigenvalue weighted by molar-refractivity contribution is 0.116. The Balaban J connectivity index is 1.67. The summed E-state index contributed by atoms with van der Waals surface area (Å²) in [6.45, 7) is 3.24. The average molecular weight is 610 g/mol. The second-order valence-electron chi connectivity index (χ2n) is 10.2. The quantitative estimate of drug-likeness (QED) is 0.133. The highest BCUT2D eigenvalue weighted by Gasteiger charge is 2.32. The lowest BCUT2D eigenvalue weighted by Gasteiger charge is -2.28. The fourth-order valence-corrected chi connectivity index (χ4v) is 7.79. The van der Waals surface area contributed by atoms with E-state index in [0.717, 1.165) is 10.4 Å². The predicted octanol–water partition coefficient (Wildman–Crippen LogP) is 4.70. The summed E-state index contributed by atoms with van der Waals surface area (Å²) >= 11 is 0. The van der Waals surface area contributed by atoms with Crippen LogP contribution in [0.2, 0.25) is 0 Å². The smallest absolute Gasteiger partial charge is 0.243 e. The van der Waals surface area contributed by atoms with Crippen molar-refractivity contribution in [3.8, 4) is 5.75 Å². The van der Waals surface area contributed by atoms with Crippen molar-refractivity contribution in [2.24, 2.45) is 11.0 Å². The highest BCUT2D eigenvalue weighted by atomic mass is 32.2. The summed E-state index contributed by atoms with van der Waals surface area (Å²) in [4.78, 5) is 6.52. The predicted molar refractivity (Wildman–Crippen MR) is 158 cm³/mol. The van der Waals surface area contributed by atoms with Gasteiger partial charge in [0, 0.05) is 29.6 Å². The van der Waals surface area contributed by atoms with Gasteiger partial charge >= 0.3 is 0 Å². The normalized spacial score (nSPS) is 13.6. The van der Waals surface area contributed by atoms with Gasteiger partial charge in [0.1, 0.15) is 5.75 Å². The average Bonchev–Trinajstić information content (AvgIpc) is 2.97. The zero-order chi connectivity index (χ0) is 30.5. The SMILES string of the molecule is CC(C)CN(CC(O)[C@H](Cc1ccc(O)cc1)N=[N+]=[N-])S(=O)(=O)c1cccc(S(=O)(=O)c2cccc3cccnc23)c1. The Hall–Kier alpha value is -4.00. The van der Waals surface area contributed by atoms with Crippen LogP contribution in [0.25, 0.3) is 21.3 Å². The van der Waals surface area contributed by atoms with Crippen LogP contribution in [0.4, 0.5) is 0 Å². The molecule has 0 fully saturated rings. The third kappa shape index (κ3) is 6.89. The molecule has 2 atom stereocenters. The number of phenolic OH excluding ortho intramolecular Hbond substituents is 1. The van der Waals surface area contributed by atoms with Crippen LogP contribution < -0.4 is 0 Å². The maximum Gasteiger partial charge on any atom is 0.243 e. The minimum Gasteiger partial charge on any atom is -0.508 e. The number of para-hydroxylation sites is 1. The van der Waals surface area contributed by atoms with Gasteiger partial charge in [0.15, 0.2) is 0 Å². The van der Waals surface area contributed by atoms with E-state index in [4.69, 9.17) is 5.53 Å². The van der Waals surface area contributed by atoms with Crippen LogP contribution in [-0.2, 0) is 26.3 Å². The first-order valence-electron chi connectivity index (χ1n) is 13.1. The van der Waals surface area contributed by atoms with Crippen molar-refractivity contribution >= 4 is 30.8 Å².